The number of amides is 2. The Morgan fingerprint density at radius 2 is 1.91 bits per heavy atom. The molecule has 0 aliphatic carbocycles. The molecular formula is C22H26FN3O5S. The highest BCUT2D eigenvalue weighted by Gasteiger charge is 2.50. The van der Waals surface area contributed by atoms with Crippen LogP contribution in [0.25, 0.3) is 0 Å². The van der Waals surface area contributed by atoms with Crippen LogP contribution in [0.5, 0.6) is 5.75 Å². The Hall–Kier alpha value is -2.98. The molecule has 3 rings (SSSR count). The van der Waals surface area contributed by atoms with Crippen molar-refractivity contribution in [2.75, 3.05) is 30.9 Å². The first-order valence-corrected chi connectivity index (χ1v) is 11.7. The summed E-state index contributed by atoms with van der Waals surface area (Å²) in [5.74, 6) is -1.15. The number of halogens is 1. The number of sulfonamides is 1. The van der Waals surface area contributed by atoms with E-state index in [9.17, 15) is 22.4 Å². The molecule has 0 aromatic heterocycles. The topological polar surface area (TPSA) is 96.0 Å². The van der Waals surface area contributed by atoms with E-state index in [0.717, 1.165) is 4.31 Å². The molecule has 2 amide bonds. The molecule has 32 heavy (non-hydrogen) atoms. The molecule has 1 aliphatic heterocycles. The maximum atomic E-state index is 13.4. The van der Waals surface area contributed by atoms with E-state index < -0.39 is 33.2 Å². The molecule has 0 saturated carbocycles. The fourth-order valence-electron chi connectivity index (χ4n) is 3.67. The number of nitrogens with zero attached hydrogens (tertiary/aromatic N) is 2. The molecule has 10 heteroatoms. The van der Waals surface area contributed by atoms with Crippen molar-refractivity contribution >= 4 is 27.5 Å². The predicted octanol–water partition coefficient (Wildman–Crippen LogP) is 1.91. The number of hydrogen-bond donors (Lipinski definition) is 1. The van der Waals surface area contributed by atoms with E-state index in [1.54, 1.807) is 24.3 Å². The Kier molecular flexibility index (Phi) is 6.85. The third kappa shape index (κ3) is 4.76. The average Bonchev–Trinajstić information content (AvgIpc) is 2.78. The lowest BCUT2D eigenvalue weighted by molar-refractivity contribution is -0.133. The number of piperazine rings is 1. The van der Waals surface area contributed by atoms with Gasteiger partial charge in [0.05, 0.1) is 19.4 Å². The zero-order valence-electron chi connectivity index (χ0n) is 18.2. The van der Waals surface area contributed by atoms with E-state index >= 15 is 0 Å². The summed E-state index contributed by atoms with van der Waals surface area (Å²) in [4.78, 5) is 27.8. The van der Waals surface area contributed by atoms with Crippen LogP contribution in [0.4, 0.5) is 10.1 Å². The highest BCUT2D eigenvalue weighted by Crippen LogP contribution is 2.32. The van der Waals surface area contributed by atoms with Crippen molar-refractivity contribution in [2.24, 2.45) is 0 Å². The van der Waals surface area contributed by atoms with E-state index in [2.05, 4.69) is 5.32 Å². The number of carbonyl (C=O) groups excluding carboxylic acids is 2. The lowest BCUT2D eigenvalue weighted by Crippen LogP contribution is -2.70. The van der Waals surface area contributed by atoms with E-state index in [1.807, 2.05) is 0 Å². The van der Waals surface area contributed by atoms with Crippen LogP contribution in [0.15, 0.2) is 48.5 Å². The lowest BCUT2D eigenvalue weighted by Gasteiger charge is -2.46. The van der Waals surface area contributed by atoms with Gasteiger partial charge in [-0.05, 0) is 43.7 Å². The minimum atomic E-state index is -3.71. The van der Waals surface area contributed by atoms with Gasteiger partial charge in [0.15, 0.2) is 0 Å². The Morgan fingerprint density at radius 3 is 2.53 bits per heavy atom. The van der Waals surface area contributed by atoms with Crippen LogP contribution in [0, 0.1) is 5.82 Å². The Bertz CT molecular complexity index is 1110. The summed E-state index contributed by atoms with van der Waals surface area (Å²) in [6.45, 7) is 2.53. The van der Waals surface area contributed by atoms with Crippen LogP contribution in [0.1, 0.15) is 19.4 Å². The molecule has 1 heterocycles. The first-order chi connectivity index (χ1) is 15.1. The third-order valence-electron chi connectivity index (χ3n) is 5.46. The fraction of sp³-hybridized carbons (Fsp3) is 0.364. The second kappa shape index (κ2) is 9.25. The zero-order chi connectivity index (χ0) is 23.5. The predicted molar refractivity (Wildman–Crippen MR) is 118 cm³/mol. The van der Waals surface area contributed by atoms with Crippen molar-refractivity contribution in [1.29, 1.82) is 0 Å². The fourth-order valence-corrected chi connectivity index (χ4v) is 4.79. The lowest BCUT2D eigenvalue weighted by atomic mass is 9.94. The summed E-state index contributed by atoms with van der Waals surface area (Å²) in [6.07, 6.45) is 0. The first-order valence-electron chi connectivity index (χ1n) is 10.1. The van der Waals surface area contributed by atoms with Crippen LogP contribution in [-0.2, 0) is 26.2 Å². The average molecular weight is 464 g/mol. The van der Waals surface area contributed by atoms with Crippen molar-refractivity contribution in [3.63, 3.8) is 0 Å². The largest absolute Gasteiger partial charge is 0.497 e. The summed E-state index contributed by atoms with van der Waals surface area (Å²) in [7, 11) is -2.22. The van der Waals surface area contributed by atoms with Gasteiger partial charge in [-0.1, -0.05) is 18.2 Å². The number of benzene rings is 2. The molecule has 1 unspecified atom stereocenters. The number of carbonyl (C=O) groups is 2. The number of methoxy groups -OCH3 is 1. The van der Waals surface area contributed by atoms with E-state index in [1.165, 1.54) is 50.1 Å². The van der Waals surface area contributed by atoms with Gasteiger partial charge in [-0.2, -0.15) is 4.31 Å². The molecule has 1 fully saturated rings. The molecule has 0 spiro atoms. The van der Waals surface area contributed by atoms with E-state index in [-0.39, 0.29) is 25.4 Å². The normalized spacial score (nSPS) is 19.6. The van der Waals surface area contributed by atoms with Gasteiger partial charge in [0.1, 0.15) is 17.1 Å². The standard InChI is InChI=1S/C22H26FN3O5S/c1-4-32(29,30)25-14-20(27)26(18-6-5-7-19(12-18)31-3)22(2,15-25)21(28)24-13-16-8-10-17(23)11-9-16/h5-12H,4,13-15H2,1-3H3,(H,24,28). The summed E-state index contributed by atoms with van der Waals surface area (Å²) >= 11 is 0. The number of anilines is 1. The molecule has 0 bridgehead atoms. The van der Waals surface area contributed by atoms with Crippen LogP contribution in [-0.4, -0.2) is 56.0 Å². The van der Waals surface area contributed by atoms with Crippen LogP contribution >= 0.6 is 0 Å². The molecule has 1 saturated heterocycles. The minimum Gasteiger partial charge on any atom is -0.497 e. The summed E-state index contributed by atoms with van der Waals surface area (Å²) in [6, 6.07) is 12.3. The molecule has 0 radical (unpaired) electrons. The summed E-state index contributed by atoms with van der Waals surface area (Å²) < 4.78 is 44.5. The van der Waals surface area contributed by atoms with E-state index in [4.69, 9.17) is 4.74 Å². The second-order valence-electron chi connectivity index (χ2n) is 7.68. The maximum Gasteiger partial charge on any atom is 0.247 e. The quantitative estimate of drug-likeness (QED) is 0.677. The van der Waals surface area contributed by atoms with Crippen LogP contribution < -0.4 is 15.0 Å². The molecule has 8 nitrogen and oxygen atoms in total. The highest BCUT2D eigenvalue weighted by atomic mass is 32.2. The second-order valence-corrected chi connectivity index (χ2v) is 9.94. The van der Waals surface area contributed by atoms with Gasteiger partial charge < -0.3 is 10.1 Å². The monoisotopic (exact) mass is 463 g/mol. The van der Waals surface area contributed by atoms with Gasteiger partial charge in [0.2, 0.25) is 21.8 Å². The third-order valence-corrected chi connectivity index (χ3v) is 7.24. The van der Waals surface area contributed by atoms with Crippen molar-refractivity contribution in [2.45, 2.75) is 25.9 Å². The SMILES string of the molecule is CCS(=O)(=O)N1CC(=O)N(c2cccc(OC)c2)C(C)(C(=O)NCc2ccc(F)cc2)C1. The first kappa shape index (κ1) is 23.7. The zero-order valence-corrected chi connectivity index (χ0v) is 19.0. The van der Waals surface area contributed by atoms with Crippen LogP contribution in [0.3, 0.4) is 0 Å². The van der Waals surface area contributed by atoms with Crippen molar-refractivity contribution in [3.8, 4) is 5.75 Å². The van der Waals surface area contributed by atoms with Gasteiger partial charge in [0, 0.05) is 24.8 Å². The van der Waals surface area contributed by atoms with Crippen molar-refractivity contribution in [3.05, 3.63) is 59.9 Å². The van der Waals surface area contributed by atoms with Gasteiger partial charge >= 0.3 is 0 Å². The summed E-state index contributed by atoms with van der Waals surface area (Å²) in [5.41, 5.74) is -0.442. The number of hydrogen-bond acceptors (Lipinski definition) is 5. The van der Waals surface area contributed by atoms with E-state index in [0.29, 0.717) is 17.0 Å². The Labute approximate surface area is 187 Å². The molecule has 2 aromatic rings. The van der Waals surface area contributed by atoms with Gasteiger partial charge in [-0.25, -0.2) is 12.8 Å². The van der Waals surface area contributed by atoms with Crippen molar-refractivity contribution in [1.82, 2.24) is 9.62 Å². The minimum absolute atomic E-state index is 0.0926. The highest BCUT2D eigenvalue weighted by molar-refractivity contribution is 7.89. The number of rotatable bonds is 7. The molecule has 1 aliphatic rings. The molecule has 172 valence electrons. The van der Waals surface area contributed by atoms with Gasteiger partial charge in [0.25, 0.3) is 0 Å². The Balaban J connectivity index is 1.97. The number of ether oxygens (including phenoxy) is 1. The smallest absolute Gasteiger partial charge is 0.247 e. The van der Waals surface area contributed by atoms with Crippen molar-refractivity contribution < 1.29 is 27.1 Å². The molecule has 1 N–H and O–H groups in total. The Morgan fingerprint density at radius 1 is 1.22 bits per heavy atom. The maximum absolute atomic E-state index is 13.4. The van der Waals surface area contributed by atoms with Gasteiger partial charge in [-0.15, -0.1) is 0 Å². The summed E-state index contributed by atoms with van der Waals surface area (Å²) in [5, 5.41) is 2.76. The molecule has 2 aromatic carbocycles. The van der Waals surface area contributed by atoms with Gasteiger partial charge in [-0.3, -0.25) is 14.5 Å². The van der Waals surface area contributed by atoms with Crippen LogP contribution in [0.2, 0.25) is 0 Å². The molecular weight excluding hydrogens is 437 g/mol. The molecule has 1 atom stereocenters. The number of nitrogens with one attached hydrogen (secondary N) is 1.